The zero-order chi connectivity index (χ0) is 74.2. The lowest BCUT2D eigenvalue weighted by atomic mass is 9.94. The third-order valence-electron chi connectivity index (χ3n) is 16.2. The van der Waals surface area contributed by atoms with E-state index >= 15 is 0 Å². The summed E-state index contributed by atoms with van der Waals surface area (Å²) < 4.78 is 16.5. The van der Waals surface area contributed by atoms with Crippen LogP contribution in [0.3, 0.4) is 0 Å². The number of amides is 10. The largest absolute Gasteiger partial charge is 0.481 e. The first-order valence-electron chi connectivity index (χ1n) is 32.5. The van der Waals surface area contributed by atoms with Gasteiger partial charge in [-0.15, -0.1) is 0 Å². The van der Waals surface area contributed by atoms with Crippen molar-refractivity contribution in [1.82, 2.24) is 68.5 Å². The Morgan fingerprint density at radius 1 is 0.465 bits per heavy atom. The topological polar surface area (TPSA) is 474 Å². The molecule has 0 spiro atoms. The van der Waals surface area contributed by atoms with E-state index in [9.17, 15) is 77.6 Å². The molecule has 16 N–H and O–H groups in total. The number of aliphatic carboxylic acids is 3. The minimum atomic E-state index is -1.86. The van der Waals surface area contributed by atoms with E-state index in [1.807, 2.05) is 6.07 Å². The zero-order valence-corrected chi connectivity index (χ0v) is 58.5. The third-order valence-corrected chi connectivity index (χ3v) is 16.2. The fourth-order valence-electron chi connectivity index (χ4n) is 9.89. The first-order chi connectivity index (χ1) is 46.2. The maximum absolute atomic E-state index is 14.7. The van der Waals surface area contributed by atoms with E-state index in [0.717, 1.165) is 5.52 Å². The molecule has 0 aliphatic carbocycles. The van der Waals surface area contributed by atoms with Gasteiger partial charge in [-0.05, 0) is 105 Å². The van der Waals surface area contributed by atoms with Gasteiger partial charge in [-0.3, -0.25) is 57.5 Å². The van der Waals surface area contributed by atoms with Crippen LogP contribution in [0.2, 0.25) is 0 Å². The molecule has 0 aliphatic heterocycles. The summed E-state index contributed by atoms with van der Waals surface area (Å²) in [6, 6.07) is 7.16. The van der Waals surface area contributed by atoms with Crippen LogP contribution in [0.5, 0.6) is 0 Å². The summed E-state index contributed by atoms with van der Waals surface area (Å²) >= 11 is 0. The van der Waals surface area contributed by atoms with Crippen LogP contribution in [0.1, 0.15) is 127 Å². The van der Waals surface area contributed by atoms with Crippen LogP contribution in [0.25, 0.3) is 21.8 Å². The molecule has 546 valence electrons. The Kier molecular flexibility index (Phi) is 30.5. The Bertz CT molecular complexity index is 3520. The number of carbonyl (C=O) groups excluding carboxylic acids is 10. The number of ether oxygens (including phenoxy) is 3. The summed E-state index contributed by atoms with van der Waals surface area (Å²) in [7, 11) is 0. The Morgan fingerprint density at radius 2 is 0.859 bits per heavy atom. The Hall–Kier alpha value is -9.53. The van der Waals surface area contributed by atoms with Gasteiger partial charge in [-0.1, -0.05) is 56.7 Å². The minimum Gasteiger partial charge on any atom is -0.481 e. The van der Waals surface area contributed by atoms with Gasteiger partial charge >= 0.3 is 17.9 Å². The third kappa shape index (κ3) is 25.7. The average Bonchev–Trinajstić information content (AvgIpc) is 1.80. The molecule has 0 saturated carbocycles. The normalized spacial score (nSPS) is 13.8. The fraction of sp³-hybridized carbons (Fsp3) is 0.567. The van der Waals surface area contributed by atoms with Gasteiger partial charge in [0.1, 0.15) is 51.9 Å². The van der Waals surface area contributed by atoms with Crippen LogP contribution in [-0.2, 0) is 89.4 Å². The van der Waals surface area contributed by atoms with E-state index in [2.05, 4.69) is 68.5 Å². The quantitative estimate of drug-likeness (QED) is 0.0268. The summed E-state index contributed by atoms with van der Waals surface area (Å²) in [6.45, 7) is 20.2. The van der Waals surface area contributed by atoms with Gasteiger partial charge in [0.25, 0.3) is 0 Å². The van der Waals surface area contributed by atoms with Crippen molar-refractivity contribution in [3.63, 3.8) is 0 Å². The van der Waals surface area contributed by atoms with Gasteiger partial charge in [0, 0.05) is 73.5 Å². The maximum atomic E-state index is 14.7. The second kappa shape index (κ2) is 36.9. The number of carboxylic acid groups (broad SMARTS) is 3. The molecule has 2 aromatic carbocycles. The summed E-state index contributed by atoms with van der Waals surface area (Å²) in [5, 5.41) is 58.7. The lowest BCUT2D eigenvalue weighted by Crippen LogP contribution is -2.67. The van der Waals surface area contributed by atoms with Gasteiger partial charge < -0.3 is 98.0 Å². The second-order valence-corrected chi connectivity index (χ2v) is 26.8. The average molecular weight is 1390 g/mol. The van der Waals surface area contributed by atoms with Crippen molar-refractivity contribution in [2.45, 2.75) is 186 Å². The number of benzene rings is 2. The van der Waals surface area contributed by atoms with E-state index < -0.39 is 148 Å². The van der Waals surface area contributed by atoms with Crippen molar-refractivity contribution in [2.24, 2.45) is 5.92 Å². The van der Waals surface area contributed by atoms with E-state index in [0.29, 0.717) is 53.6 Å². The molecule has 4 aromatic rings. The molecule has 0 fully saturated rings. The lowest BCUT2D eigenvalue weighted by Gasteiger charge is -2.35. The van der Waals surface area contributed by atoms with Crippen molar-refractivity contribution < 1.29 is 91.9 Å². The van der Waals surface area contributed by atoms with Gasteiger partial charge in [0.2, 0.25) is 59.1 Å². The molecule has 2 aromatic heterocycles. The number of para-hydroxylation sites is 2. The van der Waals surface area contributed by atoms with E-state index in [-0.39, 0.29) is 58.1 Å². The predicted octanol–water partition coefficient (Wildman–Crippen LogP) is 0.462. The molecule has 0 saturated heterocycles. The molecule has 4 rings (SSSR count). The van der Waals surface area contributed by atoms with Crippen molar-refractivity contribution in [2.75, 3.05) is 52.7 Å². The van der Waals surface area contributed by atoms with Crippen LogP contribution in [0.4, 0.5) is 0 Å². The molecule has 99 heavy (non-hydrogen) atoms. The molecule has 6 atom stereocenters. The highest BCUT2D eigenvalue weighted by Crippen LogP contribution is 2.23. The highest BCUT2D eigenvalue weighted by molar-refractivity contribution is 6.02. The number of carboxylic acids is 3. The van der Waals surface area contributed by atoms with Gasteiger partial charge in [-0.25, -0.2) is 4.79 Å². The monoisotopic (exact) mass is 1390 g/mol. The molecular formula is C67H99N13O19. The number of aromatic amines is 2. The molecule has 32 nitrogen and oxygen atoms in total. The number of carbonyl (C=O) groups is 13. The number of hydrogen-bond donors (Lipinski definition) is 16. The number of hydrogen-bond acceptors (Lipinski definition) is 17. The van der Waals surface area contributed by atoms with Gasteiger partial charge in [0.15, 0.2) is 0 Å². The molecule has 0 bridgehead atoms. The molecule has 0 aliphatic rings. The number of H-pyrrole nitrogens is 2. The Balaban J connectivity index is 1.50. The number of rotatable bonds is 43. The predicted molar refractivity (Wildman–Crippen MR) is 362 cm³/mol. The molecule has 10 amide bonds. The van der Waals surface area contributed by atoms with E-state index in [1.54, 1.807) is 68.7 Å². The van der Waals surface area contributed by atoms with Gasteiger partial charge in [0.05, 0.1) is 52.1 Å². The molecule has 0 radical (unpaired) electrons. The summed E-state index contributed by atoms with van der Waals surface area (Å²) in [5.41, 5.74) is -6.51. The first kappa shape index (κ1) is 81.9. The maximum Gasteiger partial charge on any atom is 0.326 e. The molecule has 32 heteroatoms. The number of nitrogens with one attached hydrogen (secondary N) is 13. The van der Waals surface area contributed by atoms with Crippen LogP contribution < -0.4 is 58.5 Å². The summed E-state index contributed by atoms with van der Waals surface area (Å²) in [4.78, 5) is 180. The smallest absolute Gasteiger partial charge is 0.326 e. The van der Waals surface area contributed by atoms with Crippen LogP contribution >= 0.6 is 0 Å². The van der Waals surface area contributed by atoms with Crippen LogP contribution in [0.15, 0.2) is 60.9 Å². The molecule has 0 unspecified atom stereocenters. The SMILES string of the molecule is CC[C@H](C)[C@H](NC(=O)C(C)(C)NC(=O)C(C)(C)NC(=O)[C@H](Cc1c[nH]c2ccccc12)NC(=O)C(C)(C)NC(=O)C(C)(C)NC(=O)[C@H](Cc1c[nH]c2ccccc12)NC(=O)C(C)(C)NC(=O)[C@H](CCC(=O)O)NCCOCCOCCOCCNC(C)=O)C(=O)N[C@@H](CC(=O)O)C(=O)O. The van der Waals surface area contributed by atoms with Crippen LogP contribution in [-0.4, -0.2) is 213 Å². The van der Waals surface area contributed by atoms with E-state index in [4.69, 9.17) is 14.2 Å². The zero-order valence-electron chi connectivity index (χ0n) is 58.5. The van der Waals surface area contributed by atoms with Crippen molar-refractivity contribution in [3.05, 3.63) is 72.1 Å². The highest BCUT2D eigenvalue weighted by Gasteiger charge is 2.44. The summed E-state index contributed by atoms with van der Waals surface area (Å²) in [6.07, 6.45) is 1.79. The second-order valence-electron chi connectivity index (χ2n) is 26.8. The van der Waals surface area contributed by atoms with Crippen molar-refractivity contribution >= 4 is 98.8 Å². The van der Waals surface area contributed by atoms with Crippen molar-refractivity contribution in [1.29, 1.82) is 0 Å². The Labute approximate surface area is 574 Å². The molecular weight excluding hydrogens is 1290 g/mol. The Morgan fingerprint density at radius 3 is 1.27 bits per heavy atom. The minimum absolute atomic E-state index is 0.110. The standard InChI is InChI=1S/C67H99N13O19/c1-14-38(2)52(56(89)72-49(57(90)91)35-51(84)85)75-60(94)65(8,9)80-62(96)67(12,13)78-55(88)48(34-41-37-71-45-22-18-16-20-43(41)45)74-59(93)64(6,7)79-61(95)66(10,11)77-54(87)47(33-40-36-70-44-21-17-15-19-42(40)44)73-58(92)63(4,5)76-53(86)46(23-24-50(82)83)69-26-28-98-30-32-99-31-29-97-27-25-68-39(3)81/h15-22,36-38,46-49,52,69-71H,14,23-35H2,1-13H3,(H,68,81)(H,72,89)(H,73,92)(H,74,93)(H,75,94)(H,76,86)(H,77,87)(H,78,88)(H,79,95)(H,80,96)(H,82,83)(H,84,85)(H,90,91)/t38-,46-,47-,48-,49-,52-/m0/s1. The molecule has 2 heterocycles. The van der Waals surface area contributed by atoms with Crippen LogP contribution in [0, 0.1) is 5.92 Å². The van der Waals surface area contributed by atoms with E-state index in [1.165, 1.54) is 76.2 Å². The number of fused-ring (bicyclic) bond motifs is 2. The summed E-state index contributed by atoms with van der Waals surface area (Å²) in [5.74, 6) is -12.9. The van der Waals surface area contributed by atoms with Gasteiger partial charge in [-0.2, -0.15) is 0 Å². The fourth-order valence-corrected chi connectivity index (χ4v) is 9.89. The lowest BCUT2D eigenvalue weighted by molar-refractivity contribution is -0.147. The first-order valence-corrected chi connectivity index (χ1v) is 32.5. The number of aromatic nitrogens is 2. The highest BCUT2D eigenvalue weighted by atomic mass is 16.5. The van der Waals surface area contributed by atoms with Crippen molar-refractivity contribution in [3.8, 4) is 0 Å².